The van der Waals surface area contributed by atoms with Crippen molar-refractivity contribution in [2.24, 2.45) is 0 Å². The Hall–Kier alpha value is -3.64. The van der Waals surface area contributed by atoms with Crippen LogP contribution in [0.4, 0.5) is 4.79 Å². The van der Waals surface area contributed by atoms with Crippen molar-refractivity contribution in [3.05, 3.63) is 106 Å². The molecule has 6 heteroatoms. The number of rotatable bonds is 5. The Morgan fingerprint density at radius 1 is 0.935 bits per heavy atom. The number of ether oxygens (including phenoxy) is 1. The molecule has 0 bridgehead atoms. The van der Waals surface area contributed by atoms with Crippen molar-refractivity contribution in [2.75, 3.05) is 0 Å². The zero-order valence-corrected chi connectivity index (χ0v) is 17.6. The molecule has 0 saturated carbocycles. The number of aryl methyl sites for hydroxylation is 1. The second-order valence-corrected chi connectivity index (χ2v) is 8.07. The molecule has 1 heterocycles. The van der Waals surface area contributed by atoms with Crippen molar-refractivity contribution in [2.45, 2.75) is 13.5 Å². The highest BCUT2D eigenvalue weighted by atomic mass is 32.2. The molecule has 1 aliphatic heterocycles. The van der Waals surface area contributed by atoms with Crippen molar-refractivity contribution < 1.29 is 19.1 Å². The molecule has 3 aromatic carbocycles. The maximum Gasteiger partial charge on any atom is 0.343 e. The summed E-state index contributed by atoms with van der Waals surface area (Å²) in [7, 11) is 0. The lowest BCUT2D eigenvalue weighted by atomic mass is 10.1. The summed E-state index contributed by atoms with van der Waals surface area (Å²) in [6, 6.07) is 23.3. The summed E-state index contributed by atoms with van der Waals surface area (Å²) in [4.78, 5) is 38.8. The molecule has 0 aromatic heterocycles. The van der Waals surface area contributed by atoms with E-state index in [4.69, 9.17) is 4.74 Å². The fourth-order valence-corrected chi connectivity index (χ4v) is 3.87. The van der Waals surface area contributed by atoms with Crippen molar-refractivity contribution in [1.29, 1.82) is 0 Å². The molecular weight excluding hydrogens is 410 g/mol. The summed E-state index contributed by atoms with van der Waals surface area (Å²) in [5.74, 6) is -0.348. The van der Waals surface area contributed by atoms with Crippen LogP contribution in [-0.4, -0.2) is 22.0 Å². The highest BCUT2D eigenvalue weighted by molar-refractivity contribution is 8.18. The molecule has 154 valence electrons. The SMILES string of the molecule is Cc1ccc(CN2C(=O)S/C(=C\c3ccc(OC(=O)c4ccccc4)cc3)C2=O)cc1. The molecule has 3 aromatic rings. The summed E-state index contributed by atoms with van der Waals surface area (Å²) in [5, 5.41) is -0.287. The quantitative estimate of drug-likeness (QED) is 0.307. The summed E-state index contributed by atoms with van der Waals surface area (Å²) in [5.41, 5.74) is 3.23. The van der Waals surface area contributed by atoms with Crippen LogP contribution in [0.25, 0.3) is 6.08 Å². The van der Waals surface area contributed by atoms with E-state index in [9.17, 15) is 14.4 Å². The normalized spacial score (nSPS) is 14.9. The molecule has 0 radical (unpaired) electrons. The molecule has 0 spiro atoms. The van der Waals surface area contributed by atoms with Crippen LogP contribution in [0.3, 0.4) is 0 Å². The van der Waals surface area contributed by atoms with Gasteiger partial charge in [-0.05, 0) is 60.2 Å². The number of carbonyl (C=O) groups excluding carboxylic acids is 3. The first-order valence-electron chi connectivity index (χ1n) is 9.68. The lowest BCUT2D eigenvalue weighted by Crippen LogP contribution is -2.27. The highest BCUT2D eigenvalue weighted by Crippen LogP contribution is 2.33. The Kier molecular flexibility index (Phi) is 6.00. The topological polar surface area (TPSA) is 63.7 Å². The molecule has 1 aliphatic rings. The van der Waals surface area contributed by atoms with Crippen LogP contribution >= 0.6 is 11.8 Å². The van der Waals surface area contributed by atoms with Crippen LogP contribution in [0.2, 0.25) is 0 Å². The van der Waals surface area contributed by atoms with E-state index >= 15 is 0 Å². The summed E-state index contributed by atoms with van der Waals surface area (Å²) in [6.07, 6.45) is 1.67. The predicted octanol–water partition coefficient (Wildman–Crippen LogP) is 5.45. The van der Waals surface area contributed by atoms with E-state index in [1.54, 1.807) is 54.6 Å². The number of hydrogen-bond acceptors (Lipinski definition) is 5. The third-order valence-electron chi connectivity index (χ3n) is 4.73. The average Bonchev–Trinajstić information content (AvgIpc) is 3.04. The first kappa shape index (κ1) is 20.6. The van der Waals surface area contributed by atoms with Gasteiger partial charge in [-0.2, -0.15) is 0 Å². The van der Waals surface area contributed by atoms with E-state index in [0.29, 0.717) is 16.2 Å². The maximum atomic E-state index is 12.7. The minimum absolute atomic E-state index is 0.247. The maximum absolute atomic E-state index is 12.7. The van der Waals surface area contributed by atoms with Crippen molar-refractivity contribution >= 4 is 35.0 Å². The molecule has 2 amide bonds. The lowest BCUT2D eigenvalue weighted by Gasteiger charge is -2.12. The summed E-state index contributed by atoms with van der Waals surface area (Å²) < 4.78 is 5.36. The zero-order chi connectivity index (χ0) is 21.8. The second kappa shape index (κ2) is 9.02. The van der Waals surface area contributed by atoms with Gasteiger partial charge in [0.1, 0.15) is 5.75 Å². The van der Waals surface area contributed by atoms with Crippen molar-refractivity contribution in [1.82, 2.24) is 4.90 Å². The number of hydrogen-bond donors (Lipinski definition) is 0. The minimum Gasteiger partial charge on any atom is -0.423 e. The summed E-state index contributed by atoms with van der Waals surface area (Å²) in [6.45, 7) is 2.23. The van der Waals surface area contributed by atoms with E-state index in [0.717, 1.165) is 28.5 Å². The number of esters is 1. The molecule has 5 nitrogen and oxygen atoms in total. The van der Waals surface area contributed by atoms with Gasteiger partial charge in [0.25, 0.3) is 11.1 Å². The standard InChI is InChI=1S/C25H19NO4S/c1-17-7-9-19(10-8-17)16-26-23(27)22(31-25(26)29)15-18-11-13-21(14-12-18)30-24(28)20-5-3-2-4-6-20/h2-15H,16H2,1H3/b22-15-. The van der Waals surface area contributed by atoms with Crippen LogP contribution in [0, 0.1) is 6.92 Å². The fraction of sp³-hybridized carbons (Fsp3) is 0.0800. The minimum atomic E-state index is -0.439. The molecular formula is C25H19NO4S. The fourth-order valence-electron chi connectivity index (χ4n) is 3.04. The smallest absolute Gasteiger partial charge is 0.343 e. The van der Waals surface area contributed by atoms with E-state index in [2.05, 4.69) is 0 Å². The second-order valence-electron chi connectivity index (χ2n) is 7.08. The Balaban J connectivity index is 1.43. The Bertz CT molecular complexity index is 1150. The number of imide groups is 1. The van der Waals surface area contributed by atoms with Gasteiger partial charge in [-0.25, -0.2) is 4.79 Å². The van der Waals surface area contributed by atoms with Gasteiger partial charge in [-0.1, -0.05) is 60.2 Å². The Morgan fingerprint density at radius 2 is 1.61 bits per heavy atom. The van der Waals surface area contributed by atoms with E-state index in [1.165, 1.54) is 4.90 Å². The van der Waals surface area contributed by atoms with Crippen LogP contribution in [0.5, 0.6) is 5.75 Å². The largest absolute Gasteiger partial charge is 0.423 e. The third-order valence-corrected chi connectivity index (χ3v) is 5.64. The molecule has 4 rings (SSSR count). The van der Waals surface area contributed by atoms with E-state index in [1.807, 2.05) is 37.3 Å². The van der Waals surface area contributed by atoms with Crippen molar-refractivity contribution in [3.8, 4) is 5.75 Å². The van der Waals surface area contributed by atoms with Crippen LogP contribution in [-0.2, 0) is 11.3 Å². The van der Waals surface area contributed by atoms with Gasteiger partial charge < -0.3 is 4.74 Å². The number of thioether (sulfide) groups is 1. The predicted molar refractivity (Wildman–Crippen MR) is 121 cm³/mol. The Labute approximate surface area is 184 Å². The van der Waals surface area contributed by atoms with E-state index in [-0.39, 0.29) is 17.7 Å². The number of benzene rings is 3. The van der Waals surface area contributed by atoms with Gasteiger partial charge in [-0.15, -0.1) is 0 Å². The van der Waals surface area contributed by atoms with Gasteiger partial charge in [-0.3, -0.25) is 14.5 Å². The molecule has 1 fully saturated rings. The van der Waals surface area contributed by atoms with Gasteiger partial charge in [0.15, 0.2) is 0 Å². The molecule has 0 unspecified atom stereocenters. The number of amides is 2. The van der Waals surface area contributed by atoms with Crippen LogP contribution in [0.15, 0.2) is 83.8 Å². The van der Waals surface area contributed by atoms with Gasteiger partial charge >= 0.3 is 5.97 Å². The Morgan fingerprint density at radius 3 is 2.29 bits per heavy atom. The van der Waals surface area contributed by atoms with Gasteiger partial charge in [0, 0.05) is 0 Å². The van der Waals surface area contributed by atoms with Crippen LogP contribution in [0.1, 0.15) is 27.0 Å². The first-order chi connectivity index (χ1) is 15.0. The molecule has 0 atom stereocenters. The van der Waals surface area contributed by atoms with Crippen LogP contribution < -0.4 is 4.74 Å². The van der Waals surface area contributed by atoms with E-state index < -0.39 is 5.97 Å². The monoisotopic (exact) mass is 429 g/mol. The molecule has 0 N–H and O–H groups in total. The average molecular weight is 429 g/mol. The number of nitrogens with zero attached hydrogens (tertiary/aromatic N) is 1. The molecule has 31 heavy (non-hydrogen) atoms. The van der Waals surface area contributed by atoms with Gasteiger partial charge in [0.05, 0.1) is 17.0 Å². The van der Waals surface area contributed by atoms with Gasteiger partial charge in [0.2, 0.25) is 0 Å². The lowest BCUT2D eigenvalue weighted by molar-refractivity contribution is -0.123. The molecule has 1 saturated heterocycles. The first-order valence-corrected chi connectivity index (χ1v) is 10.5. The summed E-state index contributed by atoms with van der Waals surface area (Å²) >= 11 is 0.924. The third kappa shape index (κ3) is 4.92. The highest BCUT2D eigenvalue weighted by Gasteiger charge is 2.34. The zero-order valence-electron chi connectivity index (χ0n) is 16.8. The number of carbonyl (C=O) groups is 3. The van der Waals surface area contributed by atoms with Crippen molar-refractivity contribution in [3.63, 3.8) is 0 Å². The molecule has 0 aliphatic carbocycles.